The lowest BCUT2D eigenvalue weighted by molar-refractivity contribution is -0.137. The van der Waals surface area contributed by atoms with Gasteiger partial charge in [0.2, 0.25) is 0 Å². The standard InChI is InChI=1S/C25H17BrF3NO2/c26-22-12-11-20(32-15-18-8-3-6-16-5-1-2-10-21(16)18)14-23(22)30-24(31)17-7-4-9-19(13-17)25(27,28)29/h1-14H,15H2,(H,30,31). The molecule has 0 aliphatic carbocycles. The first kappa shape index (κ1) is 21.9. The molecule has 7 heteroatoms. The second-order valence-electron chi connectivity index (χ2n) is 7.10. The van der Waals surface area contributed by atoms with Gasteiger partial charge >= 0.3 is 6.18 Å². The minimum Gasteiger partial charge on any atom is -0.489 e. The van der Waals surface area contributed by atoms with E-state index in [0.717, 1.165) is 28.5 Å². The molecule has 0 aliphatic rings. The number of alkyl halides is 3. The Bertz CT molecular complexity index is 1280. The van der Waals surface area contributed by atoms with Crippen molar-refractivity contribution in [2.45, 2.75) is 12.8 Å². The number of ether oxygens (including phenoxy) is 1. The van der Waals surface area contributed by atoms with Gasteiger partial charge < -0.3 is 10.1 Å². The molecule has 0 radical (unpaired) electrons. The average molecular weight is 500 g/mol. The van der Waals surface area contributed by atoms with E-state index in [4.69, 9.17) is 4.74 Å². The van der Waals surface area contributed by atoms with E-state index >= 15 is 0 Å². The Morgan fingerprint density at radius 3 is 2.47 bits per heavy atom. The molecular formula is C25H17BrF3NO2. The van der Waals surface area contributed by atoms with E-state index < -0.39 is 17.6 Å². The Labute approximate surface area is 191 Å². The number of nitrogens with one attached hydrogen (secondary N) is 1. The molecule has 32 heavy (non-hydrogen) atoms. The van der Waals surface area contributed by atoms with Crippen LogP contribution in [0, 0.1) is 0 Å². The van der Waals surface area contributed by atoms with E-state index in [9.17, 15) is 18.0 Å². The fourth-order valence-electron chi connectivity index (χ4n) is 3.30. The van der Waals surface area contributed by atoms with Gasteiger partial charge in [-0.1, -0.05) is 48.5 Å². The zero-order chi connectivity index (χ0) is 22.7. The Balaban J connectivity index is 1.51. The minimum atomic E-state index is -4.52. The van der Waals surface area contributed by atoms with E-state index in [1.54, 1.807) is 18.2 Å². The molecule has 0 aromatic heterocycles. The highest BCUT2D eigenvalue weighted by Gasteiger charge is 2.30. The topological polar surface area (TPSA) is 38.3 Å². The predicted octanol–water partition coefficient (Wildman–Crippen LogP) is 7.45. The molecule has 0 atom stereocenters. The van der Waals surface area contributed by atoms with Crippen LogP contribution in [0.3, 0.4) is 0 Å². The van der Waals surface area contributed by atoms with Crippen molar-refractivity contribution >= 4 is 38.3 Å². The molecule has 0 fully saturated rings. The number of anilines is 1. The molecule has 162 valence electrons. The normalized spacial score (nSPS) is 11.4. The molecule has 0 unspecified atom stereocenters. The first-order valence-corrected chi connectivity index (χ1v) is 10.5. The third-order valence-electron chi connectivity index (χ3n) is 4.91. The number of halogens is 4. The van der Waals surface area contributed by atoms with Gasteiger partial charge in [-0.15, -0.1) is 0 Å². The van der Waals surface area contributed by atoms with Crippen LogP contribution < -0.4 is 10.1 Å². The summed E-state index contributed by atoms with van der Waals surface area (Å²) >= 11 is 3.36. The van der Waals surface area contributed by atoms with Gasteiger partial charge in [0.25, 0.3) is 5.91 Å². The van der Waals surface area contributed by atoms with E-state index in [-0.39, 0.29) is 5.56 Å². The van der Waals surface area contributed by atoms with Crippen molar-refractivity contribution < 1.29 is 22.7 Å². The van der Waals surface area contributed by atoms with Gasteiger partial charge in [0.15, 0.2) is 0 Å². The highest BCUT2D eigenvalue weighted by Crippen LogP contribution is 2.31. The van der Waals surface area contributed by atoms with Crippen molar-refractivity contribution in [2.24, 2.45) is 0 Å². The van der Waals surface area contributed by atoms with Gasteiger partial charge in [-0.25, -0.2) is 0 Å². The van der Waals surface area contributed by atoms with Crippen molar-refractivity contribution in [3.8, 4) is 5.75 Å². The van der Waals surface area contributed by atoms with Crippen LogP contribution in [0.4, 0.5) is 18.9 Å². The lowest BCUT2D eigenvalue weighted by Gasteiger charge is -2.13. The Morgan fingerprint density at radius 2 is 1.66 bits per heavy atom. The largest absolute Gasteiger partial charge is 0.489 e. The van der Waals surface area contributed by atoms with E-state index in [2.05, 4.69) is 21.2 Å². The highest BCUT2D eigenvalue weighted by atomic mass is 79.9. The zero-order valence-electron chi connectivity index (χ0n) is 16.6. The van der Waals surface area contributed by atoms with E-state index in [0.29, 0.717) is 22.5 Å². The van der Waals surface area contributed by atoms with Crippen LogP contribution in [0.1, 0.15) is 21.5 Å². The summed E-state index contributed by atoms with van der Waals surface area (Å²) in [5.41, 5.74) is 0.439. The van der Waals surface area contributed by atoms with Crippen molar-refractivity contribution in [1.82, 2.24) is 0 Å². The molecule has 4 rings (SSSR count). The van der Waals surface area contributed by atoms with Crippen molar-refractivity contribution in [2.75, 3.05) is 5.32 Å². The summed E-state index contributed by atoms with van der Waals surface area (Å²) in [5.74, 6) is -0.136. The van der Waals surface area contributed by atoms with Crippen LogP contribution in [0.25, 0.3) is 10.8 Å². The number of rotatable bonds is 5. The molecule has 0 bridgehead atoms. The number of hydrogen-bond acceptors (Lipinski definition) is 2. The maximum atomic E-state index is 12.9. The summed E-state index contributed by atoms with van der Waals surface area (Å²) in [6, 6.07) is 23.3. The molecule has 4 aromatic carbocycles. The van der Waals surface area contributed by atoms with E-state index in [1.165, 1.54) is 12.1 Å². The fourth-order valence-corrected chi connectivity index (χ4v) is 3.65. The number of carbonyl (C=O) groups is 1. The van der Waals surface area contributed by atoms with Crippen LogP contribution >= 0.6 is 15.9 Å². The molecule has 1 N–H and O–H groups in total. The number of carbonyl (C=O) groups excluding carboxylic acids is 1. The van der Waals surface area contributed by atoms with Gasteiger partial charge in [-0.3, -0.25) is 4.79 Å². The van der Waals surface area contributed by atoms with Crippen molar-refractivity contribution in [3.05, 3.63) is 106 Å². The lowest BCUT2D eigenvalue weighted by Crippen LogP contribution is -2.14. The molecule has 0 saturated heterocycles. The summed E-state index contributed by atoms with van der Waals surface area (Å²) < 4.78 is 45.3. The first-order chi connectivity index (χ1) is 15.3. The summed E-state index contributed by atoms with van der Waals surface area (Å²) in [5, 5.41) is 4.84. The second-order valence-corrected chi connectivity index (χ2v) is 7.96. The molecule has 1 amide bonds. The fraction of sp³-hybridized carbons (Fsp3) is 0.0800. The third-order valence-corrected chi connectivity index (χ3v) is 5.60. The third kappa shape index (κ3) is 4.94. The summed E-state index contributed by atoms with van der Waals surface area (Å²) in [7, 11) is 0. The first-order valence-electron chi connectivity index (χ1n) is 9.69. The minimum absolute atomic E-state index is 0.0891. The zero-order valence-corrected chi connectivity index (χ0v) is 18.2. The molecule has 0 heterocycles. The summed E-state index contributed by atoms with van der Waals surface area (Å²) in [4.78, 5) is 12.5. The van der Waals surface area contributed by atoms with Gasteiger partial charge in [-0.05, 0) is 62.6 Å². The molecule has 3 nitrogen and oxygen atoms in total. The van der Waals surface area contributed by atoms with Crippen molar-refractivity contribution in [1.29, 1.82) is 0 Å². The van der Waals surface area contributed by atoms with Crippen LogP contribution in [0.2, 0.25) is 0 Å². The molecule has 0 aliphatic heterocycles. The summed E-state index contributed by atoms with van der Waals surface area (Å²) in [6.45, 7) is 0.323. The second kappa shape index (κ2) is 9.04. The quantitative estimate of drug-likeness (QED) is 0.309. The molecule has 0 saturated carbocycles. The molecular weight excluding hydrogens is 483 g/mol. The van der Waals surface area contributed by atoms with Crippen molar-refractivity contribution in [3.63, 3.8) is 0 Å². The number of amides is 1. The van der Waals surface area contributed by atoms with Crippen LogP contribution in [-0.4, -0.2) is 5.91 Å². The Kier molecular flexibility index (Phi) is 6.19. The average Bonchev–Trinajstić information content (AvgIpc) is 2.79. The van der Waals surface area contributed by atoms with E-state index in [1.807, 2.05) is 42.5 Å². The predicted molar refractivity (Wildman–Crippen MR) is 122 cm³/mol. The van der Waals surface area contributed by atoms with Crippen LogP contribution in [0.15, 0.2) is 89.4 Å². The van der Waals surface area contributed by atoms with Gasteiger partial charge in [0, 0.05) is 16.1 Å². The van der Waals surface area contributed by atoms with Gasteiger partial charge in [0.1, 0.15) is 12.4 Å². The van der Waals surface area contributed by atoms with Crippen LogP contribution in [-0.2, 0) is 12.8 Å². The van der Waals surface area contributed by atoms with Crippen LogP contribution in [0.5, 0.6) is 5.75 Å². The Morgan fingerprint density at radius 1 is 0.906 bits per heavy atom. The number of hydrogen-bond donors (Lipinski definition) is 1. The molecule has 4 aromatic rings. The number of fused-ring (bicyclic) bond motifs is 1. The van der Waals surface area contributed by atoms with Gasteiger partial charge in [0.05, 0.1) is 11.3 Å². The number of benzene rings is 4. The van der Waals surface area contributed by atoms with Gasteiger partial charge in [-0.2, -0.15) is 13.2 Å². The maximum absolute atomic E-state index is 12.9. The maximum Gasteiger partial charge on any atom is 0.416 e. The lowest BCUT2D eigenvalue weighted by atomic mass is 10.1. The molecule has 0 spiro atoms. The Hall–Kier alpha value is -3.32. The summed E-state index contributed by atoms with van der Waals surface area (Å²) in [6.07, 6.45) is -4.52. The SMILES string of the molecule is O=C(Nc1cc(OCc2cccc3ccccc23)ccc1Br)c1cccc(C(F)(F)F)c1. The highest BCUT2D eigenvalue weighted by molar-refractivity contribution is 9.10. The smallest absolute Gasteiger partial charge is 0.416 e. The monoisotopic (exact) mass is 499 g/mol.